The molecule has 0 aliphatic carbocycles. The minimum absolute atomic E-state index is 0.0588. The van der Waals surface area contributed by atoms with Gasteiger partial charge in [0.15, 0.2) is 0 Å². The zero-order valence-corrected chi connectivity index (χ0v) is 11.8. The van der Waals surface area contributed by atoms with Crippen LogP contribution < -0.4 is 4.90 Å². The molecule has 1 unspecified atom stereocenters. The highest BCUT2D eigenvalue weighted by atomic mass is 32.1. The molecule has 0 radical (unpaired) electrons. The first-order valence-corrected chi connectivity index (χ1v) is 6.98. The number of carboxylic acids is 1. The van der Waals surface area contributed by atoms with E-state index in [2.05, 4.69) is 35.0 Å². The highest BCUT2D eigenvalue weighted by Gasteiger charge is 2.30. The van der Waals surface area contributed by atoms with E-state index in [0.717, 1.165) is 30.3 Å². The van der Waals surface area contributed by atoms with Crippen molar-refractivity contribution in [1.29, 1.82) is 0 Å². The van der Waals surface area contributed by atoms with Gasteiger partial charge in [0.05, 0.1) is 6.42 Å². The molecule has 0 amide bonds. The fourth-order valence-electron chi connectivity index (χ4n) is 2.14. The van der Waals surface area contributed by atoms with Crippen molar-refractivity contribution in [2.45, 2.75) is 51.5 Å². The lowest BCUT2D eigenvalue weighted by Gasteiger charge is -2.22. The Kier molecular flexibility index (Phi) is 3.56. The van der Waals surface area contributed by atoms with E-state index in [-0.39, 0.29) is 17.9 Å². The van der Waals surface area contributed by atoms with E-state index in [1.54, 1.807) is 0 Å². The summed E-state index contributed by atoms with van der Waals surface area (Å²) in [5.74, 6) is 0.0935. The van der Waals surface area contributed by atoms with E-state index >= 15 is 0 Å². The zero-order valence-electron chi connectivity index (χ0n) is 11.0. The molecule has 0 saturated carbocycles. The Balaban J connectivity index is 2.15. The molecule has 1 fully saturated rings. The second kappa shape index (κ2) is 4.84. The Morgan fingerprint density at radius 2 is 2.28 bits per heavy atom. The Hall–Kier alpha value is -1.17. The van der Waals surface area contributed by atoms with Crippen LogP contribution in [0.15, 0.2) is 0 Å². The summed E-state index contributed by atoms with van der Waals surface area (Å²) in [5.41, 5.74) is -0.0588. The molecule has 1 aliphatic rings. The SMILES string of the molecule is CC(C)(C)c1nsc(N2CCCC2CC(=O)O)n1. The number of hydrogen-bond acceptors (Lipinski definition) is 5. The van der Waals surface area contributed by atoms with Gasteiger partial charge < -0.3 is 10.0 Å². The maximum absolute atomic E-state index is 10.8. The molecule has 2 heterocycles. The molecule has 1 N–H and O–H groups in total. The van der Waals surface area contributed by atoms with Gasteiger partial charge in [0, 0.05) is 29.5 Å². The van der Waals surface area contributed by atoms with Crippen LogP contribution in [0.5, 0.6) is 0 Å². The van der Waals surface area contributed by atoms with Gasteiger partial charge in [-0.1, -0.05) is 20.8 Å². The third-order valence-corrected chi connectivity index (χ3v) is 3.87. The van der Waals surface area contributed by atoms with Gasteiger partial charge in [-0.05, 0) is 12.8 Å². The van der Waals surface area contributed by atoms with Crippen LogP contribution in [-0.2, 0) is 10.2 Å². The normalized spacial score (nSPS) is 20.4. The van der Waals surface area contributed by atoms with Crippen molar-refractivity contribution < 1.29 is 9.90 Å². The number of nitrogens with zero attached hydrogens (tertiary/aromatic N) is 3. The molecule has 1 atom stereocenters. The molecule has 1 saturated heterocycles. The van der Waals surface area contributed by atoms with Crippen molar-refractivity contribution in [3.05, 3.63) is 5.82 Å². The van der Waals surface area contributed by atoms with E-state index in [1.807, 2.05) is 0 Å². The van der Waals surface area contributed by atoms with E-state index in [0.29, 0.717) is 0 Å². The highest BCUT2D eigenvalue weighted by Crippen LogP contribution is 2.31. The molecule has 1 aliphatic heterocycles. The van der Waals surface area contributed by atoms with Gasteiger partial charge in [-0.2, -0.15) is 4.37 Å². The fraction of sp³-hybridized carbons (Fsp3) is 0.750. The Bertz CT molecular complexity index is 439. The van der Waals surface area contributed by atoms with Crippen LogP contribution in [0.3, 0.4) is 0 Å². The quantitative estimate of drug-likeness (QED) is 0.912. The second-order valence-electron chi connectivity index (χ2n) is 5.74. The van der Waals surface area contributed by atoms with Crippen molar-refractivity contribution in [3.8, 4) is 0 Å². The van der Waals surface area contributed by atoms with Gasteiger partial charge in [0.25, 0.3) is 0 Å². The average Bonchev–Trinajstić information content (AvgIpc) is 2.81. The fourth-order valence-corrected chi connectivity index (χ4v) is 3.09. The number of carbonyl (C=O) groups is 1. The Morgan fingerprint density at radius 1 is 1.56 bits per heavy atom. The molecular formula is C12H19N3O2S. The number of hydrogen-bond donors (Lipinski definition) is 1. The van der Waals surface area contributed by atoms with Gasteiger partial charge in [0.2, 0.25) is 5.13 Å². The number of anilines is 1. The number of carboxylic acid groups (broad SMARTS) is 1. The van der Waals surface area contributed by atoms with Crippen LogP contribution in [-0.4, -0.2) is 33.0 Å². The topological polar surface area (TPSA) is 66.3 Å². The maximum Gasteiger partial charge on any atom is 0.305 e. The van der Waals surface area contributed by atoms with Crippen LogP contribution in [0, 0.1) is 0 Å². The smallest absolute Gasteiger partial charge is 0.305 e. The van der Waals surface area contributed by atoms with Crippen molar-refractivity contribution in [2.24, 2.45) is 0 Å². The van der Waals surface area contributed by atoms with Gasteiger partial charge in [0.1, 0.15) is 5.82 Å². The first-order chi connectivity index (χ1) is 8.38. The molecule has 2 rings (SSSR count). The number of aromatic nitrogens is 2. The molecule has 0 bridgehead atoms. The van der Waals surface area contributed by atoms with E-state index in [4.69, 9.17) is 5.11 Å². The van der Waals surface area contributed by atoms with Crippen molar-refractivity contribution in [2.75, 3.05) is 11.4 Å². The van der Waals surface area contributed by atoms with Crippen LogP contribution in [0.25, 0.3) is 0 Å². The maximum atomic E-state index is 10.8. The summed E-state index contributed by atoms with van der Waals surface area (Å²) in [6, 6.07) is 0.0725. The van der Waals surface area contributed by atoms with Crippen molar-refractivity contribution in [1.82, 2.24) is 9.36 Å². The van der Waals surface area contributed by atoms with Crippen LogP contribution in [0.1, 0.15) is 45.9 Å². The monoisotopic (exact) mass is 269 g/mol. The molecule has 1 aromatic rings. The van der Waals surface area contributed by atoms with Crippen LogP contribution in [0.2, 0.25) is 0 Å². The Labute approximate surface area is 111 Å². The lowest BCUT2D eigenvalue weighted by molar-refractivity contribution is -0.137. The van der Waals surface area contributed by atoms with Gasteiger partial charge >= 0.3 is 5.97 Å². The standard InChI is InChI=1S/C12H19N3O2S/c1-12(2,3)10-13-11(18-14-10)15-6-4-5-8(15)7-9(16)17/h8H,4-7H2,1-3H3,(H,16,17). The average molecular weight is 269 g/mol. The van der Waals surface area contributed by atoms with Crippen LogP contribution in [0.4, 0.5) is 5.13 Å². The largest absolute Gasteiger partial charge is 0.481 e. The third-order valence-electron chi connectivity index (χ3n) is 3.12. The summed E-state index contributed by atoms with van der Waals surface area (Å²) in [6.07, 6.45) is 2.14. The third kappa shape index (κ3) is 2.80. The minimum atomic E-state index is -0.743. The summed E-state index contributed by atoms with van der Waals surface area (Å²) in [4.78, 5) is 17.5. The summed E-state index contributed by atoms with van der Waals surface area (Å²) in [7, 11) is 0. The van der Waals surface area contributed by atoms with E-state index < -0.39 is 5.97 Å². The summed E-state index contributed by atoms with van der Waals surface area (Å²) in [6.45, 7) is 7.13. The minimum Gasteiger partial charge on any atom is -0.481 e. The van der Waals surface area contributed by atoms with Gasteiger partial charge in [-0.25, -0.2) is 4.98 Å². The second-order valence-corrected chi connectivity index (χ2v) is 6.47. The molecule has 1 aromatic heterocycles. The molecule has 18 heavy (non-hydrogen) atoms. The number of aliphatic carboxylic acids is 1. The first kappa shape index (κ1) is 13.3. The van der Waals surface area contributed by atoms with Gasteiger partial charge in [-0.15, -0.1) is 0 Å². The van der Waals surface area contributed by atoms with Crippen molar-refractivity contribution in [3.63, 3.8) is 0 Å². The molecular weight excluding hydrogens is 250 g/mol. The summed E-state index contributed by atoms with van der Waals surface area (Å²) < 4.78 is 4.39. The van der Waals surface area contributed by atoms with E-state index in [9.17, 15) is 4.79 Å². The molecule has 5 nitrogen and oxygen atoms in total. The zero-order chi connectivity index (χ0) is 13.3. The summed E-state index contributed by atoms with van der Waals surface area (Å²) >= 11 is 1.38. The number of rotatable bonds is 3. The molecule has 0 spiro atoms. The Morgan fingerprint density at radius 3 is 2.83 bits per heavy atom. The predicted octanol–water partition coefficient (Wildman–Crippen LogP) is 2.28. The summed E-state index contributed by atoms with van der Waals surface area (Å²) in [5, 5.41) is 9.78. The van der Waals surface area contributed by atoms with Gasteiger partial charge in [-0.3, -0.25) is 4.79 Å². The lowest BCUT2D eigenvalue weighted by Crippen LogP contribution is -2.31. The molecule has 100 valence electrons. The van der Waals surface area contributed by atoms with Crippen LogP contribution >= 0.6 is 11.5 Å². The highest BCUT2D eigenvalue weighted by molar-refractivity contribution is 7.09. The predicted molar refractivity (Wildman–Crippen MR) is 71.2 cm³/mol. The van der Waals surface area contributed by atoms with Crippen molar-refractivity contribution >= 4 is 22.6 Å². The lowest BCUT2D eigenvalue weighted by atomic mass is 9.96. The first-order valence-electron chi connectivity index (χ1n) is 6.20. The molecule has 0 aromatic carbocycles. The van der Waals surface area contributed by atoms with E-state index in [1.165, 1.54) is 11.5 Å². The molecule has 6 heteroatoms.